The summed E-state index contributed by atoms with van der Waals surface area (Å²) in [5, 5.41) is 0. The first-order valence-electron chi connectivity index (χ1n) is 1.10. The number of hydrogen-bond acceptors (Lipinski definition) is 5. The number of rotatable bonds is 2. The molecule has 0 saturated heterocycles. The van der Waals surface area contributed by atoms with Gasteiger partial charge in [0.05, 0.1) is 0 Å². The summed E-state index contributed by atoms with van der Waals surface area (Å²) in [6, 6.07) is 0. The molecule has 0 radical (unpaired) electrons. The van der Waals surface area contributed by atoms with E-state index in [2.05, 4.69) is 4.31 Å². The van der Waals surface area contributed by atoms with Gasteiger partial charge in [0, 0.05) is 0 Å². The molecule has 0 fully saturated rings. The summed E-state index contributed by atoms with van der Waals surface area (Å²) >= 11 is 0. The van der Waals surface area contributed by atoms with Crippen molar-refractivity contribution in [3.8, 4) is 0 Å². The minimum Gasteiger partial charge on any atom is -0.820 e. The van der Waals surface area contributed by atoms with E-state index < -0.39 is 17.2 Å². The van der Waals surface area contributed by atoms with Crippen molar-refractivity contribution < 1.29 is 62.8 Å². The van der Waals surface area contributed by atoms with Crippen molar-refractivity contribution in [3.63, 3.8) is 0 Å². The summed E-state index contributed by atoms with van der Waals surface area (Å²) < 4.78 is 3.16. The third-order valence-electron chi connectivity index (χ3n) is 0.133. The largest absolute Gasteiger partial charge is 2.00 e. The molecule has 0 rings (SSSR count). The summed E-state index contributed by atoms with van der Waals surface area (Å²) in [7, 11) is -6.47. The number of hydrogen-bond donors (Lipinski definition) is 0. The Bertz CT molecular complexity index is 42.2. The zero-order chi connectivity index (χ0) is 5.86. The minimum atomic E-state index is -3.24. The Kier molecular flexibility index (Phi) is 18.8. The van der Waals surface area contributed by atoms with Gasteiger partial charge in [-0.1, -0.05) is 0 Å². The van der Waals surface area contributed by atoms with Crippen LogP contribution in [0.5, 0.6) is 0 Å². The van der Waals surface area contributed by atoms with Gasteiger partial charge in [0.15, 0.2) is 0 Å². The van der Waals surface area contributed by atoms with Gasteiger partial charge in [-0.15, -0.1) is 0 Å². The van der Waals surface area contributed by atoms with E-state index in [1.807, 2.05) is 0 Å². The molecule has 0 aliphatic carbocycles. The summed E-state index contributed by atoms with van der Waals surface area (Å²) in [6.07, 6.45) is 0. The van der Waals surface area contributed by atoms with E-state index >= 15 is 0 Å². The van der Waals surface area contributed by atoms with Crippen molar-refractivity contribution in [1.82, 2.24) is 0 Å². The van der Waals surface area contributed by atoms with E-state index in [1.165, 1.54) is 0 Å². The quantitative estimate of drug-likeness (QED) is 0.391. The molecular weight excluding hydrogens is 273 g/mol. The van der Waals surface area contributed by atoms with Crippen LogP contribution in [-0.4, -0.2) is 0 Å². The summed E-state index contributed by atoms with van der Waals surface area (Å²) in [6.45, 7) is 0. The zero-order valence-corrected chi connectivity index (χ0v) is 12.1. The van der Waals surface area contributed by atoms with Gasteiger partial charge in [0.2, 0.25) is 0 Å². The maximum absolute atomic E-state index is 9.24. The average molecular weight is 273 g/mol. The predicted octanol–water partition coefficient (Wildman–Crippen LogP) is -3.11. The van der Waals surface area contributed by atoms with E-state index in [0.29, 0.717) is 0 Å². The Morgan fingerprint density at radius 2 is 1.00 bits per heavy atom. The van der Waals surface area contributed by atoms with Gasteiger partial charge < -0.3 is 23.9 Å². The van der Waals surface area contributed by atoms with Crippen molar-refractivity contribution in [2.24, 2.45) is 0 Å². The fourth-order valence-corrected chi connectivity index (χ4v) is 0.490. The van der Waals surface area contributed by atoms with Crippen LogP contribution in [0.4, 0.5) is 0 Å². The molecule has 5 nitrogen and oxygen atoms in total. The molecular formula is O5P2Zn2. The second-order valence-corrected chi connectivity index (χ2v) is 2.08. The van der Waals surface area contributed by atoms with Crippen LogP contribution in [0.15, 0.2) is 0 Å². The van der Waals surface area contributed by atoms with Crippen LogP contribution in [-0.2, 0) is 43.3 Å². The minimum absolute atomic E-state index is 0. The van der Waals surface area contributed by atoms with E-state index in [9.17, 15) is 19.6 Å². The standard InChI is InChI=1S/O5P2.2Zn/c1-6(2)5-7(3)4;;/q-4;2*+2. The first kappa shape index (κ1) is 17.1. The van der Waals surface area contributed by atoms with Crippen molar-refractivity contribution in [1.29, 1.82) is 0 Å². The van der Waals surface area contributed by atoms with Gasteiger partial charge in [-0.2, -0.15) is 17.2 Å². The van der Waals surface area contributed by atoms with Crippen LogP contribution in [0, 0.1) is 0 Å². The van der Waals surface area contributed by atoms with Crippen LogP contribution in [0.3, 0.4) is 0 Å². The molecule has 0 aliphatic heterocycles. The molecule has 0 heterocycles. The molecule has 0 N–H and O–H groups in total. The Hall–Kier alpha value is 1.91. The van der Waals surface area contributed by atoms with Crippen molar-refractivity contribution >= 4 is 17.2 Å². The van der Waals surface area contributed by atoms with E-state index in [0.717, 1.165) is 0 Å². The zero-order valence-electron chi connectivity index (χ0n) is 4.35. The molecule has 0 unspecified atom stereocenters. The van der Waals surface area contributed by atoms with Gasteiger partial charge in [-0.05, 0) is 0 Å². The molecule has 0 aliphatic rings. The predicted molar refractivity (Wildman–Crippen MR) is 14.9 cm³/mol. The molecule has 0 amide bonds. The Labute approximate surface area is 80.0 Å². The molecule has 0 aromatic carbocycles. The second kappa shape index (κ2) is 9.91. The molecule has 0 aromatic heterocycles. The van der Waals surface area contributed by atoms with Crippen LogP contribution < -0.4 is 19.6 Å². The fraction of sp³-hybridized carbons (Fsp3) is 0. The third-order valence-corrected chi connectivity index (χ3v) is 1.20. The molecule has 0 spiro atoms. The third kappa shape index (κ3) is 17.8. The molecule has 0 bridgehead atoms. The summed E-state index contributed by atoms with van der Waals surface area (Å²) in [5.41, 5.74) is 0. The van der Waals surface area contributed by atoms with Gasteiger partial charge >= 0.3 is 39.0 Å². The molecule has 0 aromatic rings. The van der Waals surface area contributed by atoms with Gasteiger partial charge in [0.25, 0.3) is 0 Å². The van der Waals surface area contributed by atoms with E-state index in [1.54, 1.807) is 0 Å². The molecule has 9 heteroatoms. The Morgan fingerprint density at radius 1 is 0.778 bits per heavy atom. The van der Waals surface area contributed by atoms with Gasteiger partial charge in [-0.25, -0.2) is 0 Å². The van der Waals surface area contributed by atoms with Crippen LogP contribution >= 0.6 is 17.2 Å². The van der Waals surface area contributed by atoms with Crippen molar-refractivity contribution in [3.05, 3.63) is 0 Å². The summed E-state index contributed by atoms with van der Waals surface area (Å²) in [4.78, 5) is 37.0. The maximum Gasteiger partial charge on any atom is 2.00 e. The Balaban J connectivity index is -0.000000180. The average Bonchev–Trinajstić information content (AvgIpc) is 1.27. The first-order chi connectivity index (χ1) is 3.13. The van der Waals surface area contributed by atoms with Gasteiger partial charge in [0.1, 0.15) is 0 Å². The van der Waals surface area contributed by atoms with Crippen molar-refractivity contribution in [2.75, 3.05) is 0 Å². The molecule has 0 saturated carbocycles. The summed E-state index contributed by atoms with van der Waals surface area (Å²) in [5.74, 6) is 0. The van der Waals surface area contributed by atoms with Crippen LogP contribution in [0.25, 0.3) is 0 Å². The van der Waals surface area contributed by atoms with E-state index in [4.69, 9.17) is 0 Å². The SMILES string of the molecule is [O-]P([O-])OP([O-])[O-].[Zn+2].[Zn+2]. The smallest absolute Gasteiger partial charge is 0.820 e. The topological polar surface area (TPSA) is 101 Å². The second-order valence-electron chi connectivity index (χ2n) is 0.529. The maximum atomic E-state index is 9.24. The normalized spacial score (nSPS) is 8.67. The monoisotopic (exact) mass is 270 g/mol. The van der Waals surface area contributed by atoms with E-state index in [-0.39, 0.29) is 39.0 Å². The van der Waals surface area contributed by atoms with Crippen LogP contribution in [0.1, 0.15) is 0 Å². The van der Waals surface area contributed by atoms with Crippen LogP contribution in [0.2, 0.25) is 0 Å². The molecule has 9 heavy (non-hydrogen) atoms. The van der Waals surface area contributed by atoms with Gasteiger partial charge in [-0.3, -0.25) is 0 Å². The fourth-order valence-electron chi connectivity index (χ4n) is 0.0544. The first-order valence-corrected chi connectivity index (χ1v) is 3.29. The van der Waals surface area contributed by atoms with Crippen molar-refractivity contribution in [2.45, 2.75) is 0 Å². The molecule has 0 atom stereocenters. The Morgan fingerprint density at radius 3 is 1.00 bits per heavy atom. The molecule has 44 valence electrons.